The first kappa shape index (κ1) is 82.6. The van der Waals surface area contributed by atoms with Gasteiger partial charge in [0.25, 0.3) is 11.8 Å². The highest BCUT2D eigenvalue weighted by Gasteiger charge is 2.61. The van der Waals surface area contributed by atoms with Gasteiger partial charge in [-0.2, -0.15) is 0 Å². The highest BCUT2D eigenvalue weighted by molar-refractivity contribution is 6.11. The lowest BCUT2D eigenvalue weighted by Crippen LogP contribution is -2.59. The summed E-state index contributed by atoms with van der Waals surface area (Å²) in [6, 6.07) is -5.71. The number of epoxide rings is 1. The maximum absolute atomic E-state index is 15.2. The van der Waals surface area contributed by atoms with Crippen molar-refractivity contribution in [2.24, 2.45) is 53.3 Å². The van der Waals surface area contributed by atoms with Gasteiger partial charge in [0.1, 0.15) is 59.8 Å². The van der Waals surface area contributed by atoms with E-state index in [9.17, 15) is 57.5 Å². The number of hydrogen-bond donors (Lipinski definition) is 5. The minimum atomic E-state index is -1.86. The van der Waals surface area contributed by atoms with Crippen LogP contribution in [0.25, 0.3) is 22.6 Å². The topological polar surface area (TPSA) is 392 Å². The Hall–Kier alpha value is -9.41. The molecule has 1 aromatic carbocycles. The summed E-state index contributed by atoms with van der Waals surface area (Å²) in [5.41, 5.74) is 5.58. The highest BCUT2D eigenvalue weighted by atomic mass is 16.6. The molecule has 0 bridgehead atoms. The third-order valence-corrected chi connectivity index (χ3v) is 22.9. The van der Waals surface area contributed by atoms with Crippen molar-refractivity contribution in [1.29, 1.82) is 0 Å². The second-order valence-electron chi connectivity index (χ2n) is 32.2. The minimum Gasteiger partial charge on any atom is -0.458 e. The fourth-order valence-corrected chi connectivity index (χ4v) is 16.4. The summed E-state index contributed by atoms with van der Waals surface area (Å²) in [5.74, 6) is -15.0. The third kappa shape index (κ3) is 16.9. The van der Waals surface area contributed by atoms with Crippen LogP contribution in [0.3, 0.4) is 0 Å². The summed E-state index contributed by atoms with van der Waals surface area (Å²) < 4.78 is 29.6. The zero-order valence-electron chi connectivity index (χ0n) is 65.5. The molecule has 4 saturated heterocycles. The number of likely N-dealkylation sites (N-methyl/N-ethyl adjacent to an activating group) is 4. The van der Waals surface area contributed by atoms with Crippen LogP contribution in [0.4, 0.5) is 5.69 Å². The van der Waals surface area contributed by atoms with Gasteiger partial charge in [-0.3, -0.25) is 52.7 Å². The van der Waals surface area contributed by atoms with E-state index >= 15 is 9.59 Å². The van der Waals surface area contributed by atoms with Crippen LogP contribution >= 0.6 is 0 Å². The van der Waals surface area contributed by atoms with E-state index in [1.807, 2.05) is 0 Å². The van der Waals surface area contributed by atoms with Gasteiger partial charge in [-0.15, -0.1) is 0 Å². The number of amides is 8. The largest absolute Gasteiger partial charge is 0.458 e. The average molecular weight is 1500 g/mol. The Morgan fingerprint density at radius 3 is 1.58 bits per heavy atom. The summed E-state index contributed by atoms with van der Waals surface area (Å²) in [7, 11) is 5.66. The molecule has 0 radical (unpaired) electrons. The molecular weight excluding hydrogens is 1390 g/mol. The van der Waals surface area contributed by atoms with Crippen molar-refractivity contribution in [3.8, 4) is 11.5 Å². The molecule has 9 aliphatic rings. The Kier molecular flexibility index (Phi) is 25.4. The molecule has 588 valence electrons. The summed E-state index contributed by atoms with van der Waals surface area (Å²) in [5, 5.41) is 10.8. The molecule has 16 unspecified atom stereocenters. The number of nitrogens with one attached hydrogen (secondary N) is 4. The second-order valence-corrected chi connectivity index (χ2v) is 32.2. The molecule has 2 saturated carbocycles. The number of rotatable bonds is 8. The predicted molar refractivity (Wildman–Crippen MR) is 396 cm³/mol. The van der Waals surface area contributed by atoms with E-state index in [-0.39, 0.29) is 63.4 Å². The average Bonchev–Trinajstić information content (AvgIpc) is 1.51. The van der Waals surface area contributed by atoms with Crippen molar-refractivity contribution in [2.75, 3.05) is 47.0 Å². The van der Waals surface area contributed by atoms with E-state index in [0.29, 0.717) is 49.7 Å². The van der Waals surface area contributed by atoms with Gasteiger partial charge < -0.3 is 70.0 Å². The van der Waals surface area contributed by atoms with Crippen LogP contribution in [0.15, 0.2) is 45.1 Å². The number of ether oxygens (including phenoxy) is 4. The number of ketones is 2. The quantitative estimate of drug-likeness (QED) is 0.0354. The number of cyclic esters (lactones) is 2. The zero-order chi connectivity index (χ0) is 79.9. The zero-order valence-corrected chi connectivity index (χ0v) is 65.5. The second kappa shape index (κ2) is 33.2. The monoisotopic (exact) mass is 1500 g/mol. The molecule has 108 heavy (non-hydrogen) atoms. The standard InChI is InChI=1S/C64H88N10O16.C15H20O3/c1-27(2)44-53(78)35-19-17-21-37(35)61(84)71(13)25-40(75)73(15)50(29(5)6)63(86)88-33(11)46(59(82)67-44)69-57(80)39-24-23-31(9)55-48(39)66-49-42(43(65)52(77)32(10)56(49)90-55)58(81)70-47-34(12)89-64(87)51(30(7)8)74(16)41(76)26-72(14)62(85)38-22-18-20-36(38)54(79)45(28(3)4)68-60(47)83;1-9-5-4-8-15(3)13(18-15)12-11(7-6-9)10(2)14(16)17-12/h23-24,27-30,33-38,44-47,50-51H,17-22,25-26,65H2,1-16H3,(H,67,82)(H,68,83)(H,69,80)(H,70,81);5,11-13H,2,4,6-8H2,1,3H3. The first-order valence-electron chi connectivity index (χ1n) is 37.7. The molecule has 4 aliphatic carbocycles. The number of carbonyl (C=O) groups is 13. The van der Waals surface area contributed by atoms with Crippen molar-refractivity contribution in [1.82, 2.24) is 45.9 Å². The van der Waals surface area contributed by atoms with E-state index in [4.69, 9.17) is 34.1 Å². The molecule has 0 spiro atoms. The smallest absolute Gasteiger partial charge is 0.334 e. The molecule has 29 nitrogen and oxygen atoms in total. The van der Waals surface area contributed by atoms with Crippen LogP contribution < -0.4 is 32.4 Å². The molecule has 16 atom stereocenters. The van der Waals surface area contributed by atoms with Crippen molar-refractivity contribution < 1.29 is 85.7 Å². The molecule has 6 N–H and O–H groups in total. The number of allylic oxidation sites excluding steroid dienone is 2. The number of hydrogen-bond acceptors (Lipinski definition) is 21. The number of nitrogens with zero attached hydrogens (tertiary/aromatic N) is 5. The summed E-state index contributed by atoms with van der Waals surface area (Å²) in [6.45, 7) is 26.5. The van der Waals surface area contributed by atoms with Crippen molar-refractivity contribution in [3.63, 3.8) is 0 Å². The number of carbonyl (C=O) groups excluding carboxylic acids is 13. The van der Waals surface area contributed by atoms with Gasteiger partial charge in [-0.1, -0.05) is 92.5 Å². The number of nitrogens with two attached hydrogens (primary N) is 1. The van der Waals surface area contributed by atoms with Gasteiger partial charge in [0, 0.05) is 68.9 Å². The van der Waals surface area contributed by atoms with Gasteiger partial charge in [0.2, 0.25) is 40.9 Å². The maximum Gasteiger partial charge on any atom is 0.334 e. The number of fused-ring (bicyclic) bond motifs is 7. The Balaban J connectivity index is 0.000000644. The lowest BCUT2D eigenvalue weighted by Gasteiger charge is -2.35. The number of Topliss-reactive ketones (excluding diaryl/α,β-unsaturated/α-hetero) is 2. The number of nitrogen functional groups attached to an aromatic ring is 1. The minimum absolute atomic E-state index is 0.0668. The molecule has 5 heterocycles. The van der Waals surface area contributed by atoms with Gasteiger partial charge in [0.15, 0.2) is 22.9 Å². The Morgan fingerprint density at radius 1 is 0.639 bits per heavy atom. The Labute approximate surface area is 630 Å². The molecule has 6 fully saturated rings. The molecule has 1 aromatic rings. The van der Waals surface area contributed by atoms with E-state index in [2.05, 4.69) is 47.8 Å². The normalized spacial score (nSPS) is 30.5. The maximum atomic E-state index is 15.2. The lowest BCUT2D eigenvalue weighted by molar-refractivity contribution is -0.163. The SMILES string of the molecule is C=C1C(=O)OC2C1CCC(C)=CCCC1(C)OC21.Cc1c2oc3c(C)ccc(C(=O)NC4C(=O)NC(C(C)C)C(=O)C5CCCC5C(=O)N(C)CC(=O)N(C)C(C(C)C)C(=O)OC4C)c3nc-2c(C(=O)NC2C(=O)NC(C(C)C)C(=O)C3CCCC3C(=O)N(C)CC(=O)N(C)C(C(C)C)C(=O)OC2C)c(N)c1=O. The Bertz CT molecular complexity index is 4180. The van der Waals surface area contributed by atoms with Crippen LogP contribution in [-0.2, 0) is 71.7 Å². The lowest BCUT2D eigenvalue weighted by atomic mass is 9.83. The van der Waals surface area contributed by atoms with Crippen LogP contribution in [-0.4, -0.2) is 209 Å². The summed E-state index contributed by atoms with van der Waals surface area (Å²) in [6.07, 6.45) is 5.60. The molecule has 29 heteroatoms. The number of esters is 3. The van der Waals surface area contributed by atoms with Crippen molar-refractivity contribution >= 4 is 93.5 Å². The highest BCUT2D eigenvalue weighted by Crippen LogP contribution is 2.50. The fourth-order valence-electron chi connectivity index (χ4n) is 16.4. The van der Waals surface area contributed by atoms with Crippen LogP contribution in [0, 0.1) is 67.1 Å². The summed E-state index contributed by atoms with van der Waals surface area (Å²) in [4.78, 5) is 209. The third-order valence-electron chi connectivity index (χ3n) is 22.9. The van der Waals surface area contributed by atoms with Gasteiger partial charge in [-0.25, -0.2) is 19.4 Å². The van der Waals surface area contributed by atoms with Gasteiger partial charge in [0.05, 0.1) is 47.6 Å². The first-order valence-corrected chi connectivity index (χ1v) is 37.7. The molecule has 10 rings (SSSR count). The number of benzene rings is 2. The van der Waals surface area contributed by atoms with E-state index in [1.165, 1.54) is 76.5 Å². The first-order chi connectivity index (χ1) is 50.6. The fraction of sp³-hybridized carbons (Fsp3) is 0.633. The number of aryl methyl sites for hydroxylation is 1. The van der Waals surface area contributed by atoms with Crippen molar-refractivity contribution in [2.45, 2.75) is 227 Å². The van der Waals surface area contributed by atoms with Crippen molar-refractivity contribution in [3.05, 3.63) is 68.4 Å². The van der Waals surface area contributed by atoms with E-state index in [1.54, 1.807) is 62.3 Å². The van der Waals surface area contributed by atoms with Gasteiger partial charge >= 0.3 is 17.9 Å². The number of anilines is 1. The molecule has 8 amide bonds. The molecular formula is C79H108N10O19. The van der Waals surface area contributed by atoms with E-state index < -0.39 is 196 Å². The van der Waals surface area contributed by atoms with Crippen LogP contribution in [0.2, 0.25) is 0 Å². The van der Waals surface area contributed by atoms with Crippen LogP contribution in [0.1, 0.15) is 179 Å². The predicted octanol–water partition coefficient (Wildman–Crippen LogP) is 5.48. The van der Waals surface area contributed by atoms with Gasteiger partial charge in [-0.05, 0) is 128 Å². The number of aromatic nitrogens is 1. The van der Waals surface area contributed by atoms with E-state index in [0.717, 1.165) is 35.5 Å². The molecule has 5 aliphatic heterocycles. The molecule has 0 aromatic heterocycles. The summed E-state index contributed by atoms with van der Waals surface area (Å²) >= 11 is 0. The van der Waals surface area contributed by atoms with Crippen LogP contribution in [0.5, 0.6) is 0 Å². The Morgan fingerprint density at radius 2 is 1.11 bits per heavy atom.